The van der Waals surface area contributed by atoms with Crippen molar-refractivity contribution in [2.45, 2.75) is 39.1 Å². The maximum Gasteiger partial charge on any atom is 0.253 e. The number of hydrogen-bond acceptors (Lipinski definition) is 5. The van der Waals surface area contributed by atoms with Crippen molar-refractivity contribution >= 4 is 27.5 Å². The lowest BCUT2D eigenvalue weighted by molar-refractivity contribution is -0.116. The summed E-state index contributed by atoms with van der Waals surface area (Å²) < 4.78 is 28.6. The molecule has 1 heterocycles. The first kappa shape index (κ1) is 23.6. The minimum Gasteiger partial charge on any atom is -0.345 e. The first-order chi connectivity index (χ1) is 14.0. The second kappa shape index (κ2) is 9.40. The lowest BCUT2D eigenvalue weighted by Crippen LogP contribution is -2.31. The van der Waals surface area contributed by atoms with Gasteiger partial charge >= 0.3 is 0 Å². The van der Waals surface area contributed by atoms with Crippen LogP contribution >= 0.6 is 0 Å². The fourth-order valence-electron chi connectivity index (χ4n) is 3.19. The van der Waals surface area contributed by atoms with E-state index in [-0.39, 0.29) is 23.3 Å². The van der Waals surface area contributed by atoms with Gasteiger partial charge in [-0.25, -0.2) is 8.42 Å². The van der Waals surface area contributed by atoms with Crippen LogP contribution in [0.15, 0.2) is 29.2 Å². The van der Waals surface area contributed by atoms with Gasteiger partial charge in [-0.3, -0.25) is 14.3 Å². The largest absolute Gasteiger partial charge is 0.345 e. The molecular weight excluding hydrogens is 406 g/mol. The molecule has 10 heteroatoms. The minimum absolute atomic E-state index is 0.126. The molecule has 2 rings (SSSR count). The Labute approximate surface area is 177 Å². The highest BCUT2D eigenvalue weighted by Gasteiger charge is 2.29. The molecule has 0 saturated carbocycles. The van der Waals surface area contributed by atoms with E-state index in [9.17, 15) is 18.0 Å². The fourth-order valence-corrected chi connectivity index (χ4v) is 5.02. The molecule has 30 heavy (non-hydrogen) atoms. The Morgan fingerprint density at radius 2 is 1.63 bits per heavy atom. The number of nitrogens with zero attached hydrogens (tertiary/aromatic N) is 4. The number of carbonyl (C=O) groups excluding carboxylic acids is 2. The van der Waals surface area contributed by atoms with Crippen molar-refractivity contribution in [3.05, 3.63) is 41.2 Å². The molecule has 0 saturated heterocycles. The number of carbonyl (C=O) groups is 2. The molecule has 9 nitrogen and oxygen atoms in total. The van der Waals surface area contributed by atoms with Gasteiger partial charge in [0.25, 0.3) is 5.91 Å². The summed E-state index contributed by atoms with van der Waals surface area (Å²) in [5.74, 6) is -0.475. The van der Waals surface area contributed by atoms with E-state index < -0.39 is 10.0 Å². The Morgan fingerprint density at radius 3 is 2.13 bits per heavy atom. The molecule has 1 aromatic heterocycles. The Hall–Kier alpha value is -2.72. The fraction of sp³-hybridized carbons (Fsp3) is 0.450. The predicted octanol–water partition coefficient (Wildman–Crippen LogP) is 1.87. The summed E-state index contributed by atoms with van der Waals surface area (Å²) in [6, 6.07) is 6.56. The molecule has 0 aliphatic rings. The van der Waals surface area contributed by atoms with Crippen LogP contribution in [0.25, 0.3) is 0 Å². The maximum atomic E-state index is 12.9. The van der Waals surface area contributed by atoms with Crippen molar-refractivity contribution in [1.29, 1.82) is 0 Å². The third-order valence-corrected chi connectivity index (χ3v) is 7.04. The minimum atomic E-state index is -3.67. The Bertz CT molecular complexity index is 1020. The summed E-state index contributed by atoms with van der Waals surface area (Å²) in [6.45, 7) is 7.41. The average molecular weight is 436 g/mol. The molecule has 0 atom stereocenters. The summed E-state index contributed by atoms with van der Waals surface area (Å²) in [6.07, 6.45) is 0. The summed E-state index contributed by atoms with van der Waals surface area (Å²) >= 11 is 0. The first-order valence-electron chi connectivity index (χ1n) is 9.68. The van der Waals surface area contributed by atoms with Crippen molar-refractivity contribution in [3.8, 4) is 0 Å². The van der Waals surface area contributed by atoms with Gasteiger partial charge in [0.2, 0.25) is 15.9 Å². The molecule has 0 aliphatic carbocycles. The van der Waals surface area contributed by atoms with Crippen molar-refractivity contribution in [2.24, 2.45) is 0 Å². The SMILES string of the molecule is CCN(CC)S(=O)(=O)c1c(C)nn(CC(=O)Nc2ccc(C(=O)N(C)C)cc2)c1C. The monoisotopic (exact) mass is 435 g/mol. The van der Waals surface area contributed by atoms with Crippen LogP contribution < -0.4 is 5.32 Å². The van der Waals surface area contributed by atoms with Gasteiger partial charge in [-0.2, -0.15) is 9.40 Å². The Balaban J connectivity index is 2.18. The van der Waals surface area contributed by atoms with Crippen molar-refractivity contribution in [1.82, 2.24) is 19.0 Å². The number of aryl methyl sites for hydroxylation is 1. The normalized spacial score (nSPS) is 11.6. The van der Waals surface area contributed by atoms with E-state index in [1.165, 1.54) is 13.9 Å². The van der Waals surface area contributed by atoms with Gasteiger partial charge in [0, 0.05) is 38.4 Å². The number of aromatic nitrogens is 2. The van der Waals surface area contributed by atoms with E-state index in [1.54, 1.807) is 66.1 Å². The molecule has 1 aromatic carbocycles. The zero-order chi connectivity index (χ0) is 22.6. The van der Waals surface area contributed by atoms with Crippen LogP contribution in [0.5, 0.6) is 0 Å². The molecule has 0 radical (unpaired) electrons. The number of amides is 2. The van der Waals surface area contributed by atoms with Crippen LogP contribution in [-0.4, -0.2) is 66.4 Å². The van der Waals surface area contributed by atoms with Gasteiger partial charge in [-0.1, -0.05) is 13.8 Å². The van der Waals surface area contributed by atoms with Gasteiger partial charge in [0.05, 0.1) is 11.4 Å². The summed E-state index contributed by atoms with van der Waals surface area (Å²) in [4.78, 5) is 26.0. The van der Waals surface area contributed by atoms with Gasteiger partial charge in [-0.15, -0.1) is 0 Å². The van der Waals surface area contributed by atoms with Crippen molar-refractivity contribution < 1.29 is 18.0 Å². The van der Waals surface area contributed by atoms with E-state index in [1.807, 2.05) is 0 Å². The van der Waals surface area contributed by atoms with E-state index in [4.69, 9.17) is 0 Å². The van der Waals surface area contributed by atoms with E-state index in [0.717, 1.165) is 0 Å². The number of anilines is 1. The molecule has 0 fully saturated rings. The van der Waals surface area contributed by atoms with E-state index in [2.05, 4.69) is 10.4 Å². The van der Waals surface area contributed by atoms with Crippen molar-refractivity contribution in [3.63, 3.8) is 0 Å². The molecule has 0 spiro atoms. The molecule has 2 aromatic rings. The smallest absolute Gasteiger partial charge is 0.253 e. The number of sulfonamides is 1. The Morgan fingerprint density at radius 1 is 1.07 bits per heavy atom. The van der Waals surface area contributed by atoms with Crippen LogP contribution in [0.3, 0.4) is 0 Å². The van der Waals surface area contributed by atoms with E-state index >= 15 is 0 Å². The van der Waals surface area contributed by atoms with Gasteiger partial charge < -0.3 is 10.2 Å². The molecule has 1 N–H and O–H groups in total. The maximum absolute atomic E-state index is 12.9. The summed E-state index contributed by atoms with van der Waals surface area (Å²) in [7, 11) is -0.338. The summed E-state index contributed by atoms with van der Waals surface area (Å²) in [5.41, 5.74) is 1.83. The second-order valence-corrected chi connectivity index (χ2v) is 8.95. The first-order valence-corrected chi connectivity index (χ1v) is 11.1. The lowest BCUT2D eigenvalue weighted by Gasteiger charge is -2.18. The predicted molar refractivity (Wildman–Crippen MR) is 115 cm³/mol. The molecule has 0 bridgehead atoms. The average Bonchev–Trinajstić information content (AvgIpc) is 2.96. The second-order valence-electron chi connectivity index (χ2n) is 7.07. The van der Waals surface area contributed by atoms with Gasteiger partial charge in [0.1, 0.15) is 11.4 Å². The zero-order valence-corrected chi connectivity index (χ0v) is 19.1. The lowest BCUT2D eigenvalue weighted by atomic mass is 10.2. The van der Waals surface area contributed by atoms with E-state index in [0.29, 0.717) is 35.7 Å². The molecule has 164 valence electrons. The Kier molecular flexibility index (Phi) is 7.38. The molecule has 0 unspecified atom stereocenters. The van der Waals surface area contributed by atoms with Crippen LogP contribution in [0, 0.1) is 13.8 Å². The number of nitrogens with one attached hydrogen (secondary N) is 1. The molecule has 0 aliphatic heterocycles. The third kappa shape index (κ3) is 4.88. The summed E-state index contributed by atoms with van der Waals surface area (Å²) in [5, 5.41) is 7.01. The number of rotatable bonds is 8. The standard InChI is InChI=1S/C20H29N5O4S/c1-7-24(8-2)30(28,29)19-14(3)22-25(15(19)4)13-18(26)21-17-11-9-16(10-12-17)20(27)23(5)6/h9-12H,7-8,13H2,1-6H3,(H,21,26). The van der Waals surface area contributed by atoms with Crippen LogP contribution in [0.1, 0.15) is 35.6 Å². The quantitative estimate of drug-likeness (QED) is 0.682. The topological polar surface area (TPSA) is 105 Å². The number of benzene rings is 1. The molecular formula is C20H29N5O4S. The van der Waals surface area contributed by atoms with Crippen LogP contribution in [0.4, 0.5) is 5.69 Å². The number of hydrogen-bond donors (Lipinski definition) is 1. The molecule has 2 amide bonds. The third-order valence-electron chi connectivity index (χ3n) is 4.73. The zero-order valence-electron chi connectivity index (χ0n) is 18.3. The highest BCUT2D eigenvalue weighted by Crippen LogP contribution is 2.23. The van der Waals surface area contributed by atoms with Crippen molar-refractivity contribution in [2.75, 3.05) is 32.5 Å². The highest BCUT2D eigenvalue weighted by molar-refractivity contribution is 7.89. The highest BCUT2D eigenvalue weighted by atomic mass is 32.2. The van der Waals surface area contributed by atoms with Gasteiger partial charge in [0.15, 0.2) is 0 Å². The van der Waals surface area contributed by atoms with Gasteiger partial charge in [-0.05, 0) is 38.1 Å². The van der Waals surface area contributed by atoms with Crippen LogP contribution in [-0.2, 0) is 21.4 Å². The van der Waals surface area contributed by atoms with Crippen LogP contribution in [0.2, 0.25) is 0 Å².